The van der Waals surface area contributed by atoms with Crippen LogP contribution in [-0.2, 0) is 6.42 Å². The number of hydrogen-bond acceptors (Lipinski definition) is 0. The van der Waals surface area contributed by atoms with Crippen molar-refractivity contribution < 1.29 is 0 Å². The molecule has 0 amide bonds. The minimum absolute atomic E-state index is 0.515. The van der Waals surface area contributed by atoms with Gasteiger partial charge in [-0.1, -0.05) is 74.9 Å². The van der Waals surface area contributed by atoms with E-state index in [1.165, 1.54) is 39.8 Å². The van der Waals surface area contributed by atoms with Gasteiger partial charge in [0.1, 0.15) is 0 Å². The van der Waals surface area contributed by atoms with E-state index in [0.29, 0.717) is 5.92 Å². The Morgan fingerprint density at radius 1 is 1.00 bits per heavy atom. The largest absolute Gasteiger partial charge is 0.0773 e. The maximum Gasteiger partial charge on any atom is -0.000139 e. The Morgan fingerprint density at radius 3 is 2.55 bits per heavy atom. The average Bonchev–Trinajstić information content (AvgIpc) is 2.95. The minimum atomic E-state index is 0.515. The third kappa shape index (κ3) is 2.78. The molecule has 0 heterocycles. The van der Waals surface area contributed by atoms with E-state index >= 15 is 0 Å². The molecule has 112 valence electrons. The molecule has 0 heteroatoms. The number of aryl methyl sites for hydroxylation is 2. The zero-order valence-corrected chi connectivity index (χ0v) is 13.8. The Bertz CT molecular complexity index is 731. The molecule has 0 radical (unpaired) electrons. The van der Waals surface area contributed by atoms with Gasteiger partial charge in [0, 0.05) is 0 Å². The number of allylic oxidation sites excluding steroid dienone is 4. The highest BCUT2D eigenvalue weighted by Gasteiger charge is 2.14. The minimum Gasteiger partial charge on any atom is -0.0773 e. The topological polar surface area (TPSA) is 0 Å². The zero-order valence-electron chi connectivity index (χ0n) is 13.8. The summed E-state index contributed by atoms with van der Waals surface area (Å²) in [6.07, 6.45) is 9.00. The highest BCUT2D eigenvalue weighted by molar-refractivity contribution is 5.79. The highest BCUT2D eigenvalue weighted by Crippen LogP contribution is 2.34. The van der Waals surface area contributed by atoms with E-state index in [-0.39, 0.29) is 0 Å². The van der Waals surface area contributed by atoms with E-state index in [1.807, 2.05) is 0 Å². The lowest BCUT2D eigenvalue weighted by molar-refractivity contribution is 0.923. The molecule has 22 heavy (non-hydrogen) atoms. The molecule has 0 aliphatic heterocycles. The fraction of sp³-hybridized carbons (Fsp3) is 0.273. The van der Waals surface area contributed by atoms with Crippen molar-refractivity contribution in [3.05, 3.63) is 77.4 Å². The predicted molar refractivity (Wildman–Crippen MR) is 96.9 cm³/mol. The summed E-state index contributed by atoms with van der Waals surface area (Å²) < 4.78 is 0. The normalized spacial score (nSPS) is 16.9. The highest BCUT2D eigenvalue weighted by atomic mass is 14.2. The van der Waals surface area contributed by atoms with Gasteiger partial charge in [0.05, 0.1) is 0 Å². The van der Waals surface area contributed by atoms with Crippen LogP contribution in [0.15, 0.2) is 60.7 Å². The molecule has 0 N–H and O–H groups in total. The van der Waals surface area contributed by atoms with E-state index in [0.717, 1.165) is 6.42 Å². The van der Waals surface area contributed by atoms with E-state index < -0.39 is 0 Å². The Labute approximate surface area is 134 Å². The van der Waals surface area contributed by atoms with Gasteiger partial charge in [-0.15, -0.1) is 0 Å². The van der Waals surface area contributed by atoms with E-state index in [4.69, 9.17) is 0 Å². The molecule has 2 aromatic rings. The van der Waals surface area contributed by atoms with Gasteiger partial charge in [-0.2, -0.15) is 0 Å². The van der Waals surface area contributed by atoms with Crippen LogP contribution < -0.4 is 0 Å². The molecule has 0 bridgehead atoms. The van der Waals surface area contributed by atoms with Crippen molar-refractivity contribution in [1.82, 2.24) is 0 Å². The fourth-order valence-electron chi connectivity index (χ4n) is 3.30. The summed E-state index contributed by atoms with van der Waals surface area (Å²) in [7, 11) is 0. The van der Waals surface area contributed by atoms with Crippen molar-refractivity contribution in [2.75, 3.05) is 0 Å². The van der Waals surface area contributed by atoms with Crippen LogP contribution in [0.4, 0.5) is 0 Å². The molecule has 0 fully saturated rings. The van der Waals surface area contributed by atoms with Crippen molar-refractivity contribution in [2.24, 2.45) is 5.92 Å². The summed E-state index contributed by atoms with van der Waals surface area (Å²) in [5, 5.41) is 0. The fourth-order valence-corrected chi connectivity index (χ4v) is 3.30. The quantitative estimate of drug-likeness (QED) is 0.628. The maximum atomic E-state index is 2.37. The first-order chi connectivity index (χ1) is 10.7. The Morgan fingerprint density at radius 2 is 1.82 bits per heavy atom. The predicted octanol–water partition coefficient (Wildman–Crippen LogP) is 6.20. The third-order valence-corrected chi connectivity index (χ3v) is 4.56. The van der Waals surface area contributed by atoms with Crippen LogP contribution in [0.3, 0.4) is 0 Å². The van der Waals surface area contributed by atoms with Gasteiger partial charge in [-0.05, 0) is 58.7 Å². The second kappa shape index (κ2) is 6.36. The second-order valence-corrected chi connectivity index (χ2v) is 6.23. The van der Waals surface area contributed by atoms with Crippen LogP contribution in [0.5, 0.6) is 0 Å². The molecule has 0 nitrogen and oxygen atoms in total. The number of benzene rings is 2. The lowest BCUT2D eigenvalue weighted by Gasteiger charge is -2.15. The van der Waals surface area contributed by atoms with E-state index in [1.54, 1.807) is 0 Å². The first-order valence-corrected chi connectivity index (χ1v) is 8.28. The third-order valence-electron chi connectivity index (χ3n) is 4.56. The van der Waals surface area contributed by atoms with Crippen molar-refractivity contribution >= 4 is 5.57 Å². The lowest BCUT2D eigenvalue weighted by atomic mass is 9.89. The van der Waals surface area contributed by atoms with Crippen molar-refractivity contribution in [2.45, 2.75) is 33.6 Å². The average molecular weight is 288 g/mol. The van der Waals surface area contributed by atoms with Gasteiger partial charge in [0.15, 0.2) is 0 Å². The SMILES string of the molecule is CCCc1ccccc1-c1cc(C2=CC=CC2C)ccc1C. The van der Waals surface area contributed by atoms with E-state index in [2.05, 4.69) is 81.5 Å². The van der Waals surface area contributed by atoms with Crippen molar-refractivity contribution in [3.8, 4) is 11.1 Å². The van der Waals surface area contributed by atoms with Crippen LogP contribution >= 0.6 is 0 Å². The van der Waals surface area contributed by atoms with Crippen molar-refractivity contribution in [1.29, 1.82) is 0 Å². The smallest absolute Gasteiger partial charge is 0.000139 e. The summed E-state index contributed by atoms with van der Waals surface area (Å²) in [6.45, 7) is 6.73. The first kappa shape index (κ1) is 14.8. The van der Waals surface area contributed by atoms with Gasteiger partial charge < -0.3 is 0 Å². The number of rotatable bonds is 4. The molecule has 0 saturated carbocycles. The van der Waals surface area contributed by atoms with Crippen LogP contribution in [0.2, 0.25) is 0 Å². The van der Waals surface area contributed by atoms with Crippen molar-refractivity contribution in [3.63, 3.8) is 0 Å². The van der Waals surface area contributed by atoms with E-state index in [9.17, 15) is 0 Å². The van der Waals surface area contributed by atoms with Gasteiger partial charge >= 0.3 is 0 Å². The molecular weight excluding hydrogens is 264 g/mol. The molecule has 1 aliphatic carbocycles. The van der Waals surface area contributed by atoms with Gasteiger partial charge in [-0.3, -0.25) is 0 Å². The summed E-state index contributed by atoms with van der Waals surface area (Å²) in [6, 6.07) is 15.7. The molecule has 0 saturated heterocycles. The van der Waals surface area contributed by atoms with Gasteiger partial charge in [0.25, 0.3) is 0 Å². The second-order valence-electron chi connectivity index (χ2n) is 6.23. The Kier molecular flexibility index (Phi) is 4.29. The molecule has 1 unspecified atom stereocenters. The maximum absolute atomic E-state index is 2.37. The lowest BCUT2D eigenvalue weighted by Crippen LogP contribution is -1.96. The molecule has 1 atom stereocenters. The van der Waals surface area contributed by atoms with Crippen LogP contribution in [-0.4, -0.2) is 0 Å². The summed E-state index contributed by atoms with van der Waals surface area (Å²) >= 11 is 0. The van der Waals surface area contributed by atoms with Crippen LogP contribution in [0, 0.1) is 12.8 Å². The molecule has 2 aromatic carbocycles. The monoisotopic (exact) mass is 288 g/mol. The zero-order chi connectivity index (χ0) is 15.5. The van der Waals surface area contributed by atoms with Crippen LogP contribution in [0.25, 0.3) is 16.7 Å². The standard InChI is InChI=1S/C22H24/c1-4-8-18-10-5-6-11-21(18)22-15-19(14-13-17(22)3)20-12-7-9-16(20)2/h5-7,9-16H,4,8H2,1-3H3. The molecule has 0 spiro atoms. The summed E-state index contributed by atoms with van der Waals surface area (Å²) in [5.74, 6) is 0.515. The first-order valence-electron chi connectivity index (χ1n) is 8.28. The summed E-state index contributed by atoms with van der Waals surface area (Å²) in [4.78, 5) is 0. The van der Waals surface area contributed by atoms with Gasteiger partial charge in [-0.25, -0.2) is 0 Å². The number of hydrogen-bond donors (Lipinski definition) is 0. The Hall–Kier alpha value is -2.08. The Balaban J connectivity index is 2.08. The van der Waals surface area contributed by atoms with Gasteiger partial charge in [0.2, 0.25) is 0 Å². The molecular formula is C22H24. The molecule has 1 aliphatic rings. The molecule has 3 rings (SSSR count). The summed E-state index contributed by atoms with van der Waals surface area (Å²) in [5.41, 5.74) is 8.35. The van der Waals surface area contributed by atoms with Crippen LogP contribution in [0.1, 0.15) is 37.0 Å². The molecule has 0 aromatic heterocycles.